The number of ether oxygens (including phenoxy) is 1. The first-order chi connectivity index (χ1) is 17.5. The molecule has 0 aliphatic carbocycles. The molecule has 0 unspecified atom stereocenters. The van der Waals surface area contributed by atoms with Crippen molar-refractivity contribution in [2.75, 3.05) is 12.4 Å². The summed E-state index contributed by atoms with van der Waals surface area (Å²) in [6, 6.07) is 15.4. The summed E-state index contributed by atoms with van der Waals surface area (Å²) in [4.78, 5) is 12.7. The summed E-state index contributed by atoms with van der Waals surface area (Å²) in [6.07, 6.45) is 0. The Labute approximate surface area is 250 Å². The first kappa shape index (κ1) is 29.9. The summed E-state index contributed by atoms with van der Waals surface area (Å²) in [7, 11) is -3.27. The van der Waals surface area contributed by atoms with Gasteiger partial charge < -0.3 is 15.2 Å². The van der Waals surface area contributed by atoms with E-state index in [1.807, 2.05) is 0 Å². The van der Waals surface area contributed by atoms with Gasteiger partial charge in [0.25, 0.3) is 16.0 Å². The van der Waals surface area contributed by atoms with Crippen LogP contribution in [0.5, 0.6) is 11.5 Å². The van der Waals surface area contributed by atoms with E-state index in [1.165, 1.54) is 32.2 Å². The largest absolute Gasteiger partial charge is 1.00 e. The number of carbonyl (C=O) groups excluding carboxylic acids is 1. The van der Waals surface area contributed by atoms with Crippen molar-refractivity contribution >= 4 is 67.1 Å². The molecular weight excluding hydrogens is 564 g/mol. The number of nitrogens with zero attached hydrogens (tertiary/aromatic N) is 2. The molecule has 0 radical (unpaired) electrons. The quantitative estimate of drug-likeness (QED) is 0.203. The number of aryl methyl sites for hydroxylation is 1. The number of hydrogen-bond donors (Lipinski definition) is 2. The Bertz CT molecular complexity index is 1700. The Morgan fingerprint density at radius 1 is 1.05 bits per heavy atom. The van der Waals surface area contributed by atoms with Crippen molar-refractivity contribution in [3.63, 3.8) is 0 Å². The maximum Gasteiger partial charge on any atom is 1.00 e. The van der Waals surface area contributed by atoms with Gasteiger partial charge in [-0.05, 0) is 48.2 Å². The van der Waals surface area contributed by atoms with E-state index in [-0.39, 0.29) is 67.8 Å². The van der Waals surface area contributed by atoms with Crippen molar-refractivity contribution in [3.05, 3.63) is 81.8 Å². The number of anilines is 1. The summed E-state index contributed by atoms with van der Waals surface area (Å²) >= 11 is 12.3. The second-order valence-corrected chi connectivity index (χ2v) is 10.0. The van der Waals surface area contributed by atoms with Crippen molar-refractivity contribution in [3.8, 4) is 11.5 Å². The fourth-order valence-corrected chi connectivity index (χ4v) is 5.09. The van der Waals surface area contributed by atoms with E-state index in [1.54, 1.807) is 42.5 Å². The van der Waals surface area contributed by atoms with Crippen LogP contribution in [-0.4, -0.2) is 26.0 Å². The number of benzene rings is 4. The molecule has 0 saturated carbocycles. The summed E-state index contributed by atoms with van der Waals surface area (Å²) in [5, 5.41) is 25.2. The number of nitrogens with one attached hydrogen (secondary N) is 1. The molecule has 0 spiro atoms. The van der Waals surface area contributed by atoms with Crippen LogP contribution < -0.4 is 44.7 Å². The molecule has 4 aromatic rings. The van der Waals surface area contributed by atoms with Gasteiger partial charge in [-0.1, -0.05) is 59.3 Å². The van der Waals surface area contributed by atoms with E-state index in [0.717, 1.165) is 0 Å². The van der Waals surface area contributed by atoms with E-state index >= 15 is 0 Å². The summed E-state index contributed by atoms with van der Waals surface area (Å²) in [5.41, 5.74) is -0.426. The van der Waals surface area contributed by atoms with Crippen LogP contribution in [0.2, 0.25) is 10.0 Å². The third kappa shape index (κ3) is 6.13. The van der Waals surface area contributed by atoms with Gasteiger partial charge in [0.2, 0.25) is 0 Å². The van der Waals surface area contributed by atoms with Gasteiger partial charge in [-0.15, -0.1) is 5.11 Å². The number of carbonyl (C=O) groups is 1. The molecule has 1 amide bonds. The van der Waals surface area contributed by atoms with Gasteiger partial charge in [0.05, 0.1) is 17.8 Å². The number of halogens is 2. The molecule has 38 heavy (non-hydrogen) atoms. The molecule has 0 fully saturated rings. The minimum atomic E-state index is -4.68. The standard InChI is InChI=1S/C25H19Cl2N3O6S.Na/c1-13-10-15(26)12-19(24(13)37(33,34)35)29-30-21-16-7-4-3-6-14(16)11-17(23(21)31)25(32)28-22-18(27)8-5-9-20(22)36-2;/h3-12,31H,1-2H3,(H,28,32)(H,33,34,35);/q;+1/p-1. The number of amides is 1. The van der Waals surface area contributed by atoms with E-state index in [4.69, 9.17) is 27.9 Å². The predicted molar refractivity (Wildman–Crippen MR) is 140 cm³/mol. The zero-order valence-corrected chi connectivity index (χ0v) is 24.6. The van der Waals surface area contributed by atoms with Gasteiger partial charge in [0, 0.05) is 16.0 Å². The molecule has 0 bridgehead atoms. The molecule has 4 aromatic carbocycles. The molecule has 0 saturated heterocycles. The number of azo groups is 1. The predicted octanol–water partition coefficient (Wildman–Crippen LogP) is 3.46. The maximum atomic E-state index is 13.4. The van der Waals surface area contributed by atoms with E-state index in [2.05, 4.69) is 15.5 Å². The van der Waals surface area contributed by atoms with Crippen LogP contribution in [0, 0.1) is 6.92 Å². The Hall–Kier alpha value is -2.70. The first-order valence-electron chi connectivity index (χ1n) is 10.6. The first-order valence-corrected chi connectivity index (χ1v) is 12.8. The van der Waals surface area contributed by atoms with Crippen molar-refractivity contribution in [2.45, 2.75) is 11.8 Å². The number of hydrogen-bond acceptors (Lipinski definition) is 7. The fraction of sp³-hybridized carbons (Fsp3) is 0.0800. The molecule has 0 heterocycles. The zero-order valence-electron chi connectivity index (χ0n) is 20.3. The number of methoxy groups -OCH3 is 1. The fourth-order valence-electron chi connectivity index (χ4n) is 3.78. The van der Waals surface area contributed by atoms with Gasteiger partial charge in [0.15, 0.2) is 0 Å². The van der Waals surface area contributed by atoms with Gasteiger partial charge in [-0.25, -0.2) is 0 Å². The second kappa shape index (κ2) is 12.0. The number of fused-ring (bicyclic) bond motifs is 1. The third-order valence-corrected chi connectivity index (χ3v) is 6.97. The van der Waals surface area contributed by atoms with Crippen molar-refractivity contribution in [1.29, 1.82) is 0 Å². The van der Waals surface area contributed by atoms with Crippen LogP contribution >= 0.6 is 23.2 Å². The summed E-state index contributed by atoms with van der Waals surface area (Å²) < 4.78 is 38.8. The van der Waals surface area contributed by atoms with Crippen LogP contribution in [0.25, 0.3) is 10.8 Å². The molecule has 190 valence electrons. The molecule has 0 aliphatic heterocycles. The van der Waals surface area contributed by atoms with Crippen molar-refractivity contribution in [1.82, 2.24) is 0 Å². The number of rotatable bonds is 6. The van der Waals surface area contributed by atoms with Crippen molar-refractivity contribution < 1.29 is 57.2 Å². The normalized spacial score (nSPS) is 11.4. The van der Waals surface area contributed by atoms with Gasteiger partial charge in [-0.3, -0.25) is 9.35 Å². The molecule has 0 aliphatic rings. The van der Waals surface area contributed by atoms with E-state index < -0.39 is 26.7 Å². The van der Waals surface area contributed by atoms with E-state index in [9.17, 15) is 22.9 Å². The van der Waals surface area contributed by atoms with E-state index in [0.29, 0.717) is 16.5 Å². The molecule has 0 aromatic heterocycles. The zero-order chi connectivity index (χ0) is 26.9. The van der Waals surface area contributed by atoms with Crippen LogP contribution in [0.1, 0.15) is 15.9 Å². The average molecular weight is 582 g/mol. The third-order valence-electron chi connectivity index (χ3n) is 5.39. The van der Waals surface area contributed by atoms with Gasteiger partial charge in [0.1, 0.15) is 22.0 Å². The SMILES string of the molecule is COc1cccc(Cl)c1NC(=O)c1cc2ccccc2c(N=Nc2cc(Cl)cc(C)c2S(=O)(=O)O)c1[O-].[Na+]. The van der Waals surface area contributed by atoms with Gasteiger partial charge >= 0.3 is 29.6 Å². The smallest absolute Gasteiger partial charge is 0.870 e. The molecule has 4 rings (SSSR count). The monoisotopic (exact) mass is 581 g/mol. The second-order valence-electron chi connectivity index (χ2n) is 7.84. The maximum absolute atomic E-state index is 13.4. The Morgan fingerprint density at radius 2 is 1.76 bits per heavy atom. The summed E-state index contributed by atoms with van der Waals surface area (Å²) in [6.45, 7) is 1.43. The Balaban J connectivity index is 0.00000400. The minimum Gasteiger partial charge on any atom is -0.870 e. The van der Waals surface area contributed by atoms with Crippen LogP contribution in [0.4, 0.5) is 17.1 Å². The average Bonchev–Trinajstić information content (AvgIpc) is 2.83. The molecule has 13 heteroatoms. The minimum absolute atomic E-state index is 0. The van der Waals surface area contributed by atoms with Crippen LogP contribution in [0.15, 0.2) is 75.8 Å². The Kier molecular flexibility index (Phi) is 9.43. The molecule has 9 nitrogen and oxygen atoms in total. The topological polar surface area (TPSA) is 140 Å². The van der Waals surface area contributed by atoms with Gasteiger partial charge in [-0.2, -0.15) is 13.5 Å². The molecular formula is C25H18Cl2N3NaO6S. The van der Waals surface area contributed by atoms with Crippen LogP contribution in [-0.2, 0) is 10.1 Å². The Morgan fingerprint density at radius 3 is 2.45 bits per heavy atom. The molecule has 0 atom stereocenters. The molecule has 2 N–H and O–H groups in total. The summed E-state index contributed by atoms with van der Waals surface area (Å²) in [5.74, 6) is -1.24. The number of para-hydroxylation sites is 1. The van der Waals surface area contributed by atoms with Crippen LogP contribution in [0.3, 0.4) is 0 Å². The van der Waals surface area contributed by atoms with Crippen molar-refractivity contribution in [2.24, 2.45) is 10.2 Å².